The third-order valence-electron chi connectivity index (χ3n) is 6.06. The molecule has 0 unspecified atom stereocenters. The Balaban J connectivity index is 1.53. The summed E-state index contributed by atoms with van der Waals surface area (Å²) in [4.78, 5) is 26.8. The van der Waals surface area contributed by atoms with Gasteiger partial charge in [0.1, 0.15) is 6.67 Å². The number of halogens is 4. The van der Waals surface area contributed by atoms with Crippen LogP contribution in [0.1, 0.15) is 56.1 Å². The van der Waals surface area contributed by atoms with Gasteiger partial charge in [-0.1, -0.05) is 12.8 Å². The molecule has 2 aliphatic rings. The minimum Gasteiger partial charge on any atom is -0.341 e. The monoisotopic (exact) mass is 429 g/mol. The molecule has 1 aromatic carbocycles. The van der Waals surface area contributed by atoms with Crippen molar-refractivity contribution in [2.45, 2.75) is 63.3 Å². The lowest BCUT2D eigenvalue weighted by Crippen LogP contribution is -2.55. The Bertz CT molecular complexity index is 783. The van der Waals surface area contributed by atoms with Crippen LogP contribution < -0.4 is 11.1 Å². The summed E-state index contributed by atoms with van der Waals surface area (Å²) in [6.07, 6.45) is 0.0942. The fourth-order valence-corrected chi connectivity index (χ4v) is 4.35. The fraction of sp³-hybridized carbons (Fsp3) is 0.619. The normalized spacial score (nSPS) is 19.7. The van der Waals surface area contributed by atoms with E-state index in [9.17, 15) is 27.2 Å². The van der Waals surface area contributed by atoms with Crippen molar-refractivity contribution in [3.8, 4) is 0 Å². The van der Waals surface area contributed by atoms with Crippen LogP contribution in [0, 0.1) is 5.92 Å². The minimum atomic E-state index is -4.62. The van der Waals surface area contributed by atoms with Gasteiger partial charge in [-0.05, 0) is 55.4 Å². The van der Waals surface area contributed by atoms with Gasteiger partial charge in [0.2, 0.25) is 11.8 Å². The van der Waals surface area contributed by atoms with Gasteiger partial charge in [-0.2, -0.15) is 13.2 Å². The van der Waals surface area contributed by atoms with Gasteiger partial charge in [-0.25, -0.2) is 4.39 Å². The number of nitrogens with zero attached hydrogens (tertiary/aromatic N) is 1. The highest BCUT2D eigenvalue weighted by molar-refractivity contribution is 5.91. The molecular weight excluding hydrogens is 402 g/mol. The summed E-state index contributed by atoms with van der Waals surface area (Å²) in [6, 6.07) is 2.74. The van der Waals surface area contributed by atoms with E-state index >= 15 is 0 Å². The minimum absolute atomic E-state index is 0.0226. The molecule has 1 aliphatic carbocycles. The number of anilines is 1. The summed E-state index contributed by atoms with van der Waals surface area (Å²) in [6.45, 7) is -0.0154. The molecular formula is C21H27F4N3O2. The number of amides is 2. The Labute approximate surface area is 173 Å². The molecule has 0 bridgehead atoms. The van der Waals surface area contributed by atoms with Crippen molar-refractivity contribution in [2.24, 2.45) is 11.7 Å². The topological polar surface area (TPSA) is 75.4 Å². The van der Waals surface area contributed by atoms with Gasteiger partial charge < -0.3 is 16.0 Å². The summed E-state index contributed by atoms with van der Waals surface area (Å²) in [5.41, 5.74) is 4.27. The first-order chi connectivity index (χ1) is 14.1. The van der Waals surface area contributed by atoms with Crippen LogP contribution in [0.4, 0.5) is 23.2 Å². The van der Waals surface area contributed by atoms with E-state index in [0.717, 1.165) is 25.0 Å². The van der Waals surface area contributed by atoms with E-state index < -0.39 is 29.9 Å². The average Bonchev–Trinajstić information content (AvgIpc) is 3.14. The molecule has 1 saturated heterocycles. The molecule has 1 aromatic rings. The zero-order valence-corrected chi connectivity index (χ0v) is 16.7. The lowest BCUT2D eigenvalue weighted by Gasteiger charge is -2.36. The number of hydrogen-bond acceptors (Lipinski definition) is 3. The Hall–Kier alpha value is -2.16. The van der Waals surface area contributed by atoms with Gasteiger partial charge >= 0.3 is 6.18 Å². The van der Waals surface area contributed by atoms with Gasteiger partial charge in [0.25, 0.3) is 0 Å². The molecule has 9 heteroatoms. The van der Waals surface area contributed by atoms with Crippen molar-refractivity contribution >= 4 is 17.5 Å². The van der Waals surface area contributed by atoms with E-state index in [1.807, 2.05) is 0 Å². The third-order valence-corrected chi connectivity index (χ3v) is 6.06. The molecule has 0 aromatic heterocycles. The second kappa shape index (κ2) is 8.91. The van der Waals surface area contributed by atoms with Crippen molar-refractivity contribution < 1.29 is 27.2 Å². The molecule has 1 saturated carbocycles. The first kappa shape index (κ1) is 22.5. The molecule has 2 amide bonds. The molecule has 30 heavy (non-hydrogen) atoms. The number of carbonyl (C=O) groups excluding carboxylic acids is 2. The second-order valence-electron chi connectivity index (χ2n) is 8.40. The largest absolute Gasteiger partial charge is 0.416 e. The van der Waals surface area contributed by atoms with E-state index in [-0.39, 0.29) is 29.5 Å². The molecule has 0 atom stereocenters. The van der Waals surface area contributed by atoms with Gasteiger partial charge in [0.15, 0.2) is 0 Å². The molecule has 0 spiro atoms. The summed E-state index contributed by atoms with van der Waals surface area (Å²) in [7, 11) is 0. The van der Waals surface area contributed by atoms with Gasteiger partial charge in [-0.3, -0.25) is 9.59 Å². The number of alkyl halides is 4. The molecule has 166 valence electrons. The number of piperidine rings is 1. The zero-order chi connectivity index (χ0) is 21.9. The molecule has 0 radical (unpaired) electrons. The van der Waals surface area contributed by atoms with Crippen molar-refractivity contribution in [3.05, 3.63) is 29.3 Å². The highest BCUT2D eigenvalue weighted by Crippen LogP contribution is 2.33. The lowest BCUT2D eigenvalue weighted by atomic mass is 9.90. The molecule has 3 rings (SSSR count). The van der Waals surface area contributed by atoms with Crippen LogP contribution in [0.25, 0.3) is 0 Å². The van der Waals surface area contributed by atoms with E-state index in [0.29, 0.717) is 38.8 Å². The molecule has 1 heterocycles. The van der Waals surface area contributed by atoms with Gasteiger partial charge in [0, 0.05) is 25.2 Å². The number of carbonyl (C=O) groups is 2. The van der Waals surface area contributed by atoms with Crippen LogP contribution in [-0.2, 0) is 22.4 Å². The number of nitrogens with one attached hydrogen (secondary N) is 1. The maximum Gasteiger partial charge on any atom is 0.416 e. The van der Waals surface area contributed by atoms with E-state index in [1.165, 1.54) is 6.07 Å². The van der Waals surface area contributed by atoms with Crippen molar-refractivity contribution in [2.75, 3.05) is 18.4 Å². The number of rotatable bonds is 5. The van der Waals surface area contributed by atoms with Crippen molar-refractivity contribution in [3.63, 3.8) is 0 Å². The number of hydrogen-bond donors (Lipinski definition) is 2. The predicted octanol–water partition coefficient (Wildman–Crippen LogP) is 4.01. The van der Waals surface area contributed by atoms with Crippen molar-refractivity contribution in [1.82, 2.24) is 4.90 Å². The summed E-state index contributed by atoms with van der Waals surface area (Å²) < 4.78 is 51.8. The Kier molecular flexibility index (Phi) is 6.69. The van der Waals surface area contributed by atoms with Crippen LogP contribution in [0.15, 0.2) is 18.2 Å². The quantitative estimate of drug-likeness (QED) is 0.695. The summed E-state index contributed by atoms with van der Waals surface area (Å²) >= 11 is 0. The first-order valence-corrected chi connectivity index (χ1v) is 10.3. The maximum atomic E-state index is 13.0. The van der Waals surface area contributed by atoms with Crippen LogP contribution >= 0.6 is 0 Å². The number of nitrogens with two attached hydrogens (primary N) is 1. The summed E-state index contributed by atoms with van der Waals surface area (Å²) in [5, 5.41) is 2.46. The van der Waals surface area contributed by atoms with Gasteiger partial charge in [0.05, 0.1) is 11.1 Å². The van der Waals surface area contributed by atoms with E-state index in [1.54, 1.807) is 4.90 Å². The third kappa shape index (κ3) is 5.30. The maximum absolute atomic E-state index is 13.0. The second-order valence-corrected chi connectivity index (χ2v) is 8.40. The zero-order valence-electron chi connectivity index (χ0n) is 16.7. The van der Waals surface area contributed by atoms with E-state index in [2.05, 4.69) is 5.32 Å². The SMILES string of the molecule is NC1(C(=O)N2CCC(CC(=O)Nc3cc(CF)cc(C(F)(F)F)c3)CC2)CCCC1. The number of likely N-dealkylation sites (tertiary alicyclic amines) is 1. The van der Waals surface area contributed by atoms with Crippen LogP contribution in [-0.4, -0.2) is 35.3 Å². The standard InChI is InChI=1S/C21H27F4N3O2/c22-13-15-9-16(21(23,24)25)12-17(10-15)27-18(29)11-14-3-7-28(8-4-14)19(30)20(26)5-1-2-6-20/h9-10,12,14H,1-8,11,13,26H2,(H,27,29). The average molecular weight is 429 g/mol. The smallest absolute Gasteiger partial charge is 0.341 e. The summed E-state index contributed by atoms with van der Waals surface area (Å²) in [5.74, 6) is -0.418. The molecule has 1 aliphatic heterocycles. The first-order valence-electron chi connectivity index (χ1n) is 10.3. The van der Waals surface area contributed by atoms with E-state index in [4.69, 9.17) is 5.73 Å². The Morgan fingerprint density at radius 3 is 2.33 bits per heavy atom. The van der Waals surface area contributed by atoms with Gasteiger partial charge in [-0.15, -0.1) is 0 Å². The highest BCUT2D eigenvalue weighted by Gasteiger charge is 2.40. The van der Waals surface area contributed by atoms with Crippen LogP contribution in [0.2, 0.25) is 0 Å². The molecule has 3 N–H and O–H groups in total. The fourth-order valence-electron chi connectivity index (χ4n) is 4.35. The highest BCUT2D eigenvalue weighted by atomic mass is 19.4. The Morgan fingerprint density at radius 1 is 1.13 bits per heavy atom. The van der Waals surface area contributed by atoms with Crippen LogP contribution in [0.3, 0.4) is 0 Å². The predicted molar refractivity (Wildman–Crippen MR) is 104 cm³/mol. The molecule has 2 fully saturated rings. The number of benzene rings is 1. The van der Waals surface area contributed by atoms with Crippen LogP contribution in [0.5, 0.6) is 0 Å². The molecule has 5 nitrogen and oxygen atoms in total. The lowest BCUT2D eigenvalue weighted by molar-refractivity contribution is -0.138. The Morgan fingerprint density at radius 2 is 1.77 bits per heavy atom. The van der Waals surface area contributed by atoms with Crippen molar-refractivity contribution in [1.29, 1.82) is 0 Å².